The van der Waals surface area contributed by atoms with E-state index < -0.39 is 26.0 Å². The Labute approximate surface area is 167 Å². The molecule has 1 aromatic carbocycles. The molecule has 0 radical (unpaired) electrons. The van der Waals surface area contributed by atoms with Crippen molar-refractivity contribution in [3.63, 3.8) is 0 Å². The van der Waals surface area contributed by atoms with Gasteiger partial charge >= 0.3 is 0 Å². The second kappa shape index (κ2) is 8.15. The van der Waals surface area contributed by atoms with E-state index in [0.717, 1.165) is 6.26 Å². The summed E-state index contributed by atoms with van der Waals surface area (Å²) < 4.78 is 51.7. The normalized spacial score (nSPS) is 18.5. The summed E-state index contributed by atoms with van der Waals surface area (Å²) in [7, 11) is -7.09. The number of carbonyl (C=O) groups is 1. The highest BCUT2D eigenvalue weighted by Crippen LogP contribution is 2.22. The van der Waals surface area contributed by atoms with Crippen LogP contribution in [-0.2, 0) is 24.8 Å². The third-order valence-electron chi connectivity index (χ3n) is 4.31. The van der Waals surface area contributed by atoms with Crippen LogP contribution >= 0.6 is 11.3 Å². The lowest BCUT2D eigenvalue weighted by Gasteiger charge is -2.30. The van der Waals surface area contributed by atoms with E-state index in [9.17, 15) is 21.6 Å². The van der Waals surface area contributed by atoms with E-state index in [1.165, 1.54) is 46.1 Å². The van der Waals surface area contributed by atoms with Gasteiger partial charge in [0.15, 0.2) is 5.13 Å². The van der Waals surface area contributed by atoms with Crippen LogP contribution < -0.4 is 10.0 Å². The summed E-state index contributed by atoms with van der Waals surface area (Å²) in [6, 6.07) is 5.75. The van der Waals surface area contributed by atoms with E-state index >= 15 is 0 Å². The average molecular weight is 445 g/mol. The minimum atomic E-state index is -3.76. The van der Waals surface area contributed by atoms with E-state index in [4.69, 9.17) is 0 Å². The molecule has 0 bridgehead atoms. The van der Waals surface area contributed by atoms with Gasteiger partial charge in [-0.05, 0) is 37.1 Å². The second-order valence-electron chi connectivity index (χ2n) is 6.42. The maximum atomic E-state index is 12.5. The number of rotatable bonds is 6. The van der Waals surface area contributed by atoms with E-state index in [-0.39, 0.29) is 22.5 Å². The molecule has 2 N–H and O–H groups in total. The average Bonchev–Trinajstić information content (AvgIpc) is 3.14. The molecule has 1 aliphatic heterocycles. The first-order chi connectivity index (χ1) is 13.1. The fourth-order valence-electron chi connectivity index (χ4n) is 2.87. The number of piperidine rings is 1. The summed E-state index contributed by atoms with van der Waals surface area (Å²) in [5, 5.41) is 4.65. The van der Waals surface area contributed by atoms with Crippen LogP contribution in [-0.4, -0.2) is 51.4 Å². The zero-order valence-electron chi connectivity index (χ0n) is 15.0. The maximum absolute atomic E-state index is 12.5. The highest BCUT2D eigenvalue weighted by atomic mass is 32.2. The van der Waals surface area contributed by atoms with Gasteiger partial charge in [-0.1, -0.05) is 0 Å². The minimum Gasteiger partial charge on any atom is -0.326 e. The molecule has 2 heterocycles. The van der Waals surface area contributed by atoms with Crippen molar-refractivity contribution in [2.24, 2.45) is 5.92 Å². The number of hydrogen-bond acceptors (Lipinski definition) is 7. The quantitative estimate of drug-likeness (QED) is 0.696. The van der Waals surface area contributed by atoms with Crippen LogP contribution in [0.1, 0.15) is 12.8 Å². The van der Waals surface area contributed by atoms with E-state index in [1.807, 2.05) is 0 Å². The molecule has 2 aromatic rings. The summed E-state index contributed by atoms with van der Waals surface area (Å²) in [5.74, 6) is -0.733. The number of nitrogens with zero attached hydrogens (tertiary/aromatic N) is 2. The summed E-state index contributed by atoms with van der Waals surface area (Å²) in [6.45, 7) is 0.566. The first-order valence-electron chi connectivity index (χ1n) is 8.43. The lowest BCUT2D eigenvalue weighted by molar-refractivity contribution is -0.120. The Morgan fingerprint density at radius 2 is 1.93 bits per heavy atom. The molecule has 0 spiro atoms. The SMILES string of the molecule is CS(=O)(=O)N1CCC[C@@H](C(=O)Nc2ccc(S(=O)(=O)Nc3nccs3)cc2)C1. The molecule has 12 heteroatoms. The molecule has 9 nitrogen and oxygen atoms in total. The number of carbonyl (C=O) groups excluding carboxylic acids is 1. The molecule has 0 saturated carbocycles. The Morgan fingerprint density at radius 3 is 2.54 bits per heavy atom. The number of thiazole rings is 1. The molecule has 1 saturated heterocycles. The number of amides is 1. The van der Waals surface area contributed by atoms with Crippen LogP contribution in [0.25, 0.3) is 0 Å². The molecule has 1 aliphatic rings. The molecule has 0 unspecified atom stereocenters. The Kier molecular flexibility index (Phi) is 6.03. The van der Waals surface area contributed by atoms with Crippen molar-refractivity contribution in [2.45, 2.75) is 17.7 Å². The number of benzene rings is 1. The van der Waals surface area contributed by atoms with Crippen molar-refractivity contribution in [1.29, 1.82) is 0 Å². The number of anilines is 2. The fourth-order valence-corrected chi connectivity index (χ4v) is 5.57. The van der Waals surface area contributed by atoms with Gasteiger partial charge in [0.05, 0.1) is 17.1 Å². The summed E-state index contributed by atoms with van der Waals surface area (Å²) >= 11 is 1.17. The van der Waals surface area contributed by atoms with Gasteiger partial charge in [0.2, 0.25) is 15.9 Å². The van der Waals surface area contributed by atoms with Crippen LogP contribution in [0.15, 0.2) is 40.7 Å². The molecular weight excluding hydrogens is 424 g/mol. The largest absolute Gasteiger partial charge is 0.326 e. The van der Waals surface area contributed by atoms with Crippen molar-refractivity contribution in [2.75, 3.05) is 29.4 Å². The Morgan fingerprint density at radius 1 is 1.21 bits per heavy atom. The van der Waals surface area contributed by atoms with Crippen molar-refractivity contribution < 1.29 is 21.6 Å². The highest BCUT2D eigenvalue weighted by molar-refractivity contribution is 7.93. The predicted molar refractivity (Wildman–Crippen MR) is 107 cm³/mol. The minimum absolute atomic E-state index is 0.0432. The van der Waals surface area contributed by atoms with Gasteiger partial charge in [0.25, 0.3) is 10.0 Å². The number of aromatic nitrogens is 1. The maximum Gasteiger partial charge on any atom is 0.263 e. The molecule has 1 aromatic heterocycles. The molecule has 0 aliphatic carbocycles. The Bertz CT molecular complexity index is 1030. The van der Waals surface area contributed by atoms with Crippen molar-refractivity contribution >= 4 is 48.1 Å². The van der Waals surface area contributed by atoms with Crippen molar-refractivity contribution in [1.82, 2.24) is 9.29 Å². The van der Waals surface area contributed by atoms with Crippen LogP contribution in [0.3, 0.4) is 0 Å². The topological polar surface area (TPSA) is 126 Å². The summed E-state index contributed by atoms with van der Waals surface area (Å²) in [6.07, 6.45) is 3.84. The lowest BCUT2D eigenvalue weighted by Crippen LogP contribution is -2.43. The van der Waals surface area contributed by atoms with Gasteiger partial charge in [-0.2, -0.15) is 0 Å². The molecule has 152 valence electrons. The van der Waals surface area contributed by atoms with E-state index in [1.54, 1.807) is 5.38 Å². The van der Waals surface area contributed by atoms with E-state index in [2.05, 4.69) is 15.0 Å². The number of hydrogen-bond donors (Lipinski definition) is 2. The third kappa shape index (κ3) is 5.07. The molecule has 3 rings (SSSR count). The monoisotopic (exact) mass is 444 g/mol. The fraction of sp³-hybridized carbons (Fsp3) is 0.375. The molecule has 1 fully saturated rings. The second-order valence-corrected chi connectivity index (χ2v) is 11.0. The van der Waals surface area contributed by atoms with Gasteiger partial charge in [0, 0.05) is 30.4 Å². The zero-order valence-corrected chi connectivity index (χ0v) is 17.5. The third-order valence-corrected chi connectivity index (χ3v) is 7.75. The van der Waals surface area contributed by atoms with Crippen LogP contribution in [0.5, 0.6) is 0 Å². The van der Waals surface area contributed by atoms with E-state index in [0.29, 0.717) is 25.1 Å². The van der Waals surface area contributed by atoms with Gasteiger partial charge in [-0.15, -0.1) is 11.3 Å². The number of sulfonamides is 2. The molecule has 28 heavy (non-hydrogen) atoms. The Hall–Kier alpha value is -2.02. The first kappa shape index (κ1) is 20.7. The number of nitrogens with one attached hydrogen (secondary N) is 2. The molecular formula is C16H20N4O5S3. The predicted octanol–water partition coefficient (Wildman–Crippen LogP) is 1.55. The first-order valence-corrected chi connectivity index (χ1v) is 12.6. The standard InChI is InChI=1S/C16H20N4O5S3/c1-27(22,23)20-9-2-3-12(11-20)15(21)18-13-4-6-14(7-5-13)28(24,25)19-16-17-8-10-26-16/h4-8,10,12H,2-3,9,11H2,1H3,(H,17,19)(H,18,21)/t12-/m1/s1. The van der Waals surface area contributed by atoms with Crippen LogP contribution in [0.2, 0.25) is 0 Å². The molecule has 1 amide bonds. The summed E-state index contributed by atoms with van der Waals surface area (Å²) in [5.41, 5.74) is 0.440. The highest BCUT2D eigenvalue weighted by Gasteiger charge is 2.30. The summed E-state index contributed by atoms with van der Waals surface area (Å²) in [4.78, 5) is 16.4. The van der Waals surface area contributed by atoms with Gasteiger partial charge in [-0.3, -0.25) is 9.52 Å². The Balaban J connectivity index is 1.64. The lowest BCUT2D eigenvalue weighted by atomic mass is 9.99. The van der Waals surface area contributed by atoms with Gasteiger partial charge in [-0.25, -0.2) is 26.1 Å². The molecule has 1 atom stereocenters. The van der Waals surface area contributed by atoms with Gasteiger partial charge in [0.1, 0.15) is 0 Å². The van der Waals surface area contributed by atoms with Gasteiger partial charge < -0.3 is 5.32 Å². The zero-order chi connectivity index (χ0) is 20.4. The van der Waals surface area contributed by atoms with Crippen LogP contribution in [0, 0.1) is 5.92 Å². The van der Waals surface area contributed by atoms with Crippen molar-refractivity contribution in [3.05, 3.63) is 35.8 Å². The smallest absolute Gasteiger partial charge is 0.263 e. The van der Waals surface area contributed by atoms with Crippen molar-refractivity contribution in [3.8, 4) is 0 Å². The van der Waals surface area contributed by atoms with Crippen LogP contribution in [0.4, 0.5) is 10.8 Å².